The van der Waals surface area contributed by atoms with Gasteiger partial charge in [-0.25, -0.2) is 9.78 Å². The fourth-order valence-corrected chi connectivity index (χ4v) is 2.48. The Hall–Kier alpha value is -1.63. The number of hydrogen-bond acceptors (Lipinski definition) is 4. The van der Waals surface area contributed by atoms with Crippen LogP contribution in [0.1, 0.15) is 30.2 Å². The molecule has 1 unspecified atom stereocenters. The Morgan fingerprint density at radius 2 is 2.10 bits per heavy atom. The van der Waals surface area contributed by atoms with Gasteiger partial charge in [-0.3, -0.25) is 4.79 Å². The lowest BCUT2D eigenvalue weighted by Crippen LogP contribution is -2.39. The topological polar surface area (TPSA) is 91.3 Å². The fraction of sp³-hybridized carbons (Fsp3) is 0.615. The van der Waals surface area contributed by atoms with Crippen LogP contribution in [0.2, 0.25) is 0 Å². The third-order valence-electron chi connectivity index (χ3n) is 2.68. The molecule has 6 nitrogen and oxygen atoms in total. The maximum atomic E-state index is 11.6. The molecule has 1 atom stereocenters. The molecule has 0 aliphatic rings. The number of aryl methyl sites for hydroxylation is 1. The SMILES string of the molecule is Cc1cnc(CNC(=O)NCC(CC(C)C)C(=O)O)s1. The summed E-state index contributed by atoms with van der Waals surface area (Å²) in [6, 6.07) is -0.368. The van der Waals surface area contributed by atoms with Crippen LogP contribution in [0.3, 0.4) is 0 Å². The standard InChI is InChI=1S/C13H21N3O3S/c1-8(2)4-10(12(17)18)6-15-13(19)16-7-11-14-5-9(3)20-11/h5,8,10H,4,6-7H2,1-3H3,(H,17,18)(H2,15,16,19). The number of carboxylic acid groups (broad SMARTS) is 1. The Labute approximate surface area is 122 Å². The minimum absolute atomic E-state index is 0.135. The van der Waals surface area contributed by atoms with Gasteiger partial charge in [-0.1, -0.05) is 13.8 Å². The summed E-state index contributed by atoms with van der Waals surface area (Å²) in [5, 5.41) is 15.2. The molecular weight excluding hydrogens is 278 g/mol. The van der Waals surface area contributed by atoms with E-state index >= 15 is 0 Å². The Kier molecular flexibility index (Phi) is 6.44. The van der Waals surface area contributed by atoms with Gasteiger partial charge in [-0.2, -0.15) is 0 Å². The molecule has 20 heavy (non-hydrogen) atoms. The zero-order valence-electron chi connectivity index (χ0n) is 12.0. The van der Waals surface area contributed by atoms with Gasteiger partial charge in [0.2, 0.25) is 0 Å². The number of amides is 2. The maximum Gasteiger partial charge on any atom is 0.315 e. The smallest absolute Gasteiger partial charge is 0.315 e. The average Bonchev–Trinajstić information content (AvgIpc) is 2.77. The van der Waals surface area contributed by atoms with Crippen molar-refractivity contribution in [2.45, 2.75) is 33.7 Å². The van der Waals surface area contributed by atoms with Gasteiger partial charge in [0.1, 0.15) is 5.01 Å². The molecule has 2 amide bonds. The highest BCUT2D eigenvalue weighted by atomic mass is 32.1. The van der Waals surface area contributed by atoms with Crippen LogP contribution < -0.4 is 10.6 Å². The predicted molar refractivity (Wildman–Crippen MR) is 77.7 cm³/mol. The van der Waals surface area contributed by atoms with Crippen molar-refractivity contribution in [3.63, 3.8) is 0 Å². The van der Waals surface area contributed by atoms with E-state index in [0.717, 1.165) is 9.88 Å². The molecule has 7 heteroatoms. The zero-order valence-corrected chi connectivity index (χ0v) is 12.8. The molecule has 0 radical (unpaired) electrons. The summed E-state index contributed by atoms with van der Waals surface area (Å²) in [4.78, 5) is 27.9. The summed E-state index contributed by atoms with van der Waals surface area (Å²) in [6.07, 6.45) is 2.30. The third kappa shape index (κ3) is 6.01. The second kappa shape index (κ2) is 7.84. The predicted octanol–water partition coefficient (Wildman–Crippen LogP) is 2.00. The van der Waals surface area contributed by atoms with Gasteiger partial charge in [-0.05, 0) is 19.3 Å². The Balaban J connectivity index is 2.32. The van der Waals surface area contributed by atoms with Crippen molar-refractivity contribution in [1.29, 1.82) is 0 Å². The highest BCUT2D eigenvalue weighted by Crippen LogP contribution is 2.11. The van der Waals surface area contributed by atoms with Crippen molar-refractivity contribution in [3.05, 3.63) is 16.1 Å². The van der Waals surface area contributed by atoms with Crippen molar-refractivity contribution in [2.24, 2.45) is 11.8 Å². The summed E-state index contributed by atoms with van der Waals surface area (Å²) in [5.74, 6) is -1.16. The van der Waals surface area contributed by atoms with Crippen LogP contribution in [-0.4, -0.2) is 28.6 Å². The normalized spacial score (nSPS) is 12.2. The molecular formula is C13H21N3O3S. The minimum atomic E-state index is -0.880. The second-order valence-electron chi connectivity index (χ2n) is 5.09. The van der Waals surface area contributed by atoms with Crippen molar-refractivity contribution >= 4 is 23.3 Å². The number of urea groups is 1. The largest absolute Gasteiger partial charge is 0.481 e. The quantitative estimate of drug-likeness (QED) is 0.718. The van der Waals surface area contributed by atoms with Gasteiger partial charge in [0.25, 0.3) is 0 Å². The van der Waals surface area contributed by atoms with Crippen molar-refractivity contribution < 1.29 is 14.7 Å². The van der Waals surface area contributed by atoms with E-state index in [0.29, 0.717) is 13.0 Å². The number of rotatable bonds is 7. The number of carbonyl (C=O) groups excluding carboxylic acids is 1. The summed E-state index contributed by atoms with van der Waals surface area (Å²) < 4.78 is 0. The molecule has 0 aliphatic heterocycles. The Bertz CT molecular complexity index is 459. The molecule has 0 bridgehead atoms. The van der Waals surface area contributed by atoms with Crippen molar-refractivity contribution in [2.75, 3.05) is 6.54 Å². The molecule has 0 saturated carbocycles. The number of nitrogens with zero attached hydrogens (tertiary/aromatic N) is 1. The summed E-state index contributed by atoms with van der Waals surface area (Å²) in [5.41, 5.74) is 0. The first-order valence-electron chi connectivity index (χ1n) is 6.54. The maximum absolute atomic E-state index is 11.6. The Morgan fingerprint density at radius 1 is 1.40 bits per heavy atom. The number of hydrogen-bond donors (Lipinski definition) is 3. The van der Waals surface area contributed by atoms with Gasteiger partial charge < -0.3 is 15.7 Å². The number of aromatic nitrogens is 1. The number of nitrogens with one attached hydrogen (secondary N) is 2. The van der Waals surface area contributed by atoms with Crippen LogP contribution >= 0.6 is 11.3 Å². The van der Waals surface area contributed by atoms with E-state index in [4.69, 9.17) is 5.11 Å². The number of thiazole rings is 1. The molecule has 0 saturated heterocycles. The van der Waals surface area contributed by atoms with Crippen LogP contribution in [0.5, 0.6) is 0 Å². The first-order valence-corrected chi connectivity index (χ1v) is 7.36. The lowest BCUT2D eigenvalue weighted by atomic mass is 9.97. The lowest BCUT2D eigenvalue weighted by molar-refractivity contribution is -0.142. The highest BCUT2D eigenvalue weighted by Gasteiger charge is 2.19. The number of aliphatic carboxylic acids is 1. The highest BCUT2D eigenvalue weighted by molar-refractivity contribution is 7.11. The lowest BCUT2D eigenvalue weighted by Gasteiger charge is -2.15. The zero-order chi connectivity index (χ0) is 15.1. The average molecular weight is 299 g/mol. The molecule has 0 fully saturated rings. The van der Waals surface area contributed by atoms with E-state index in [1.165, 1.54) is 11.3 Å². The molecule has 1 aromatic heterocycles. The van der Waals surface area contributed by atoms with Gasteiger partial charge in [0, 0.05) is 17.6 Å². The van der Waals surface area contributed by atoms with Crippen LogP contribution in [0, 0.1) is 18.8 Å². The van der Waals surface area contributed by atoms with Gasteiger partial charge in [-0.15, -0.1) is 11.3 Å². The van der Waals surface area contributed by atoms with Gasteiger partial charge >= 0.3 is 12.0 Å². The summed E-state index contributed by atoms with van der Waals surface area (Å²) >= 11 is 1.52. The molecule has 1 rings (SSSR count). The fourth-order valence-electron chi connectivity index (χ4n) is 1.76. The first-order chi connectivity index (χ1) is 9.38. The molecule has 1 aromatic rings. The molecule has 0 aromatic carbocycles. The third-order valence-corrected chi connectivity index (χ3v) is 3.60. The van der Waals surface area contributed by atoms with Gasteiger partial charge in [0.15, 0.2) is 0 Å². The van der Waals surface area contributed by atoms with E-state index < -0.39 is 11.9 Å². The minimum Gasteiger partial charge on any atom is -0.481 e. The van der Waals surface area contributed by atoms with Crippen molar-refractivity contribution in [3.8, 4) is 0 Å². The molecule has 0 aliphatic carbocycles. The van der Waals surface area contributed by atoms with E-state index in [9.17, 15) is 9.59 Å². The van der Waals surface area contributed by atoms with E-state index in [1.54, 1.807) is 6.20 Å². The molecule has 1 heterocycles. The molecule has 3 N–H and O–H groups in total. The van der Waals surface area contributed by atoms with Crippen LogP contribution in [-0.2, 0) is 11.3 Å². The van der Waals surface area contributed by atoms with Crippen molar-refractivity contribution in [1.82, 2.24) is 15.6 Å². The number of carbonyl (C=O) groups is 2. The first kappa shape index (κ1) is 16.4. The van der Waals surface area contributed by atoms with Crippen LogP contribution in [0.4, 0.5) is 4.79 Å². The van der Waals surface area contributed by atoms with Gasteiger partial charge in [0.05, 0.1) is 12.5 Å². The second-order valence-corrected chi connectivity index (χ2v) is 6.41. The van der Waals surface area contributed by atoms with E-state index in [-0.39, 0.29) is 18.5 Å². The summed E-state index contributed by atoms with van der Waals surface area (Å²) in [6.45, 7) is 6.36. The van der Waals surface area contributed by atoms with E-state index in [2.05, 4.69) is 15.6 Å². The Morgan fingerprint density at radius 3 is 2.60 bits per heavy atom. The van der Waals surface area contributed by atoms with Crippen LogP contribution in [0.25, 0.3) is 0 Å². The monoisotopic (exact) mass is 299 g/mol. The van der Waals surface area contributed by atoms with Crippen LogP contribution in [0.15, 0.2) is 6.20 Å². The molecule has 0 spiro atoms. The van der Waals surface area contributed by atoms with E-state index in [1.807, 2.05) is 20.8 Å². The summed E-state index contributed by atoms with van der Waals surface area (Å²) in [7, 11) is 0. The number of carboxylic acids is 1. The molecule has 112 valence electrons.